The summed E-state index contributed by atoms with van der Waals surface area (Å²) < 4.78 is 27.6. The monoisotopic (exact) mass is 526 g/mol. The molecule has 0 radical (unpaired) electrons. The summed E-state index contributed by atoms with van der Waals surface area (Å²) in [6.07, 6.45) is -0.0596. The van der Waals surface area contributed by atoms with Crippen molar-refractivity contribution >= 4 is 23.2 Å². The van der Waals surface area contributed by atoms with Gasteiger partial charge in [-0.25, -0.2) is 8.78 Å². The van der Waals surface area contributed by atoms with Crippen LogP contribution >= 0.6 is 0 Å². The van der Waals surface area contributed by atoms with Crippen LogP contribution in [0, 0.1) is 23.5 Å². The molecule has 1 amide bonds. The molecule has 2 aromatic rings. The van der Waals surface area contributed by atoms with Crippen LogP contribution in [0.15, 0.2) is 47.2 Å². The third-order valence-electron chi connectivity index (χ3n) is 7.83. The molecule has 198 valence electrons. The van der Waals surface area contributed by atoms with E-state index in [4.69, 9.17) is 5.73 Å². The maximum absolute atomic E-state index is 14.0. The molecule has 0 unspecified atom stereocenters. The summed E-state index contributed by atoms with van der Waals surface area (Å²) in [6.45, 7) is 0. The number of rotatable bonds is 3. The Bertz CT molecular complexity index is 1510. The Morgan fingerprint density at radius 1 is 1.08 bits per heavy atom. The highest BCUT2D eigenvalue weighted by atomic mass is 19.2. The van der Waals surface area contributed by atoms with Crippen molar-refractivity contribution in [3.05, 3.63) is 70.0 Å². The number of carbonyl (C=O) groups excluding carboxylic acids is 3. The van der Waals surface area contributed by atoms with Gasteiger partial charge < -0.3 is 26.2 Å². The van der Waals surface area contributed by atoms with Gasteiger partial charge in [0, 0.05) is 11.5 Å². The van der Waals surface area contributed by atoms with E-state index in [0.29, 0.717) is 11.1 Å². The van der Waals surface area contributed by atoms with Gasteiger partial charge in [-0.05, 0) is 67.7 Å². The summed E-state index contributed by atoms with van der Waals surface area (Å²) >= 11 is 0. The zero-order valence-corrected chi connectivity index (χ0v) is 20.3. The summed E-state index contributed by atoms with van der Waals surface area (Å²) in [5.41, 5.74) is 2.23. The van der Waals surface area contributed by atoms with E-state index >= 15 is 0 Å². The van der Waals surface area contributed by atoms with Crippen molar-refractivity contribution in [2.45, 2.75) is 24.5 Å². The minimum atomic E-state index is -2.74. The predicted molar refractivity (Wildman–Crippen MR) is 130 cm³/mol. The molecule has 5 rings (SSSR count). The van der Waals surface area contributed by atoms with E-state index < -0.39 is 75.4 Å². The fraction of sp³-hybridized carbons (Fsp3) is 0.296. The third-order valence-corrected chi connectivity index (χ3v) is 7.83. The Balaban J connectivity index is 1.74. The molecule has 6 N–H and O–H groups in total. The Morgan fingerprint density at radius 3 is 2.37 bits per heavy atom. The number of primary amides is 1. The van der Waals surface area contributed by atoms with Crippen LogP contribution in [0.3, 0.4) is 0 Å². The number of aliphatic hydroxyl groups is 3. The molecule has 11 heteroatoms. The van der Waals surface area contributed by atoms with Crippen molar-refractivity contribution in [1.29, 1.82) is 0 Å². The van der Waals surface area contributed by atoms with Gasteiger partial charge in [0.05, 0.1) is 11.6 Å². The minimum absolute atomic E-state index is 0.0251. The number of halogens is 2. The maximum atomic E-state index is 14.0. The van der Waals surface area contributed by atoms with Gasteiger partial charge in [-0.3, -0.25) is 19.3 Å². The predicted octanol–water partition coefficient (Wildman–Crippen LogP) is 1.91. The van der Waals surface area contributed by atoms with E-state index in [1.807, 2.05) is 0 Å². The second kappa shape index (κ2) is 8.47. The molecular formula is C27H24F2N2O7. The zero-order valence-electron chi connectivity index (χ0n) is 20.3. The average Bonchev–Trinajstić information content (AvgIpc) is 2.83. The van der Waals surface area contributed by atoms with Crippen molar-refractivity contribution in [2.24, 2.45) is 17.6 Å². The highest BCUT2D eigenvalue weighted by Crippen LogP contribution is 2.53. The lowest BCUT2D eigenvalue weighted by Crippen LogP contribution is -2.65. The molecule has 0 spiro atoms. The minimum Gasteiger partial charge on any atom is -0.508 e. The number of Topliss-reactive ketones (excluding diaryl/α,β-unsaturated/α-hetero) is 2. The normalized spacial score (nSPS) is 26.8. The Hall–Kier alpha value is -4.09. The van der Waals surface area contributed by atoms with Crippen LogP contribution in [0.5, 0.6) is 5.75 Å². The van der Waals surface area contributed by atoms with Gasteiger partial charge in [0.2, 0.25) is 5.78 Å². The highest BCUT2D eigenvalue weighted by molar-refractivity contribution is 6.24. The second-order valence-corrected chi connectivity index (χ2v) is 10.1. The fourth-order valence-corrected chi connectivity index (χ4v) is 6.18. The highest BCUT2D eigenvalue weighted by Gasteiger charge is 2.64. The van der Waals surface area contributed by atoms with E-state index in [0.717, 1.165) is 12.1 Å². The number of amides is 1. The summed E-state index contributed by atoms with van der Waals surface area (Å²) in [6, 6.07) is 4.74. The molecule has 3 aliphatic carbocycles. The van der Waals surface area contributed by atoms with E-state index in [1.54, 1.807) is 0 Å². The number of ketones is 2. The largest absolute Gasteiger partial charge is 0.508 e. The van der Waals surface area contributed by atoms with E-state index in [2.05, 4.69) is 0 Å². The molecule has 38 heavy (non-hydrogen) atoms. The second-order valence-electron chi connectivity index (χ2n) is 10.1. The number of nitrogens with two attached hydrogens (primary N) is 1. The Labute approximate surface area is 215 Å². The first kappa shape index (κ1) is 25.6. The van der Waals surface area contributed by atoms with Gasteiger partial charge in [0.15, 0.2) is 23.0 Å². The third kappa shape index (κ3) is 3.31. The average molecular weight is 526 g/mol. The molecule has 9 nitrogen and oxygen atoms in total. The Morgan fingerprint density at radius 2 is 1.76 bits per heavy atom. The van der Waals surface area contributed by atoms with Crippen LogP contribution < -0.4 is 5.73 Å². The van der Waals surface area contributed by atoms with Crippen LogP contribution in [0.4, 0.5) is 8.78 Å². The SMILES string of the molecule is CN(C)[C@H]1C(=O)C(C(N)=O)=C(O)[C@]2(O)C(=O)C3=C(O)c4c(O)ccc(-c5ccc(F)c(F)c5)c4C[C@@H]3C[C@H]12. The molecule has 1 fully saturated rings. The number of nitrogens with zero attached hydrogens (tertiary/aromatic N) is 1. The summed E-state index contributed by atoms with van der Waals surface area (Å²) in [7, 11) is 3.01. The van der Waals surface area contributed by atoms with Gasteiger partial charge in [-0.1, -0.05) is 12.1 Å². The van der Waals surface area contributed by atoms with Crippen LogP contribution in [0.25, 0.3) is 16.9 Å². The van der Waals surface area contributed by atoms with E-state index in [-0.39, 0.29) is 29.5 Å². The number of aromatic hydroxyl groups is 1. The molecule has 0 aromatic heterocycles. The van der Waals surface area contributed by atoms with Gasteiger partial charge in [-0.2, -0.15) is 0 Å². The molecule has 0 aliphatic heterocycles. The molecule has 2 aromatic carbocycles. The van der Waals surface area contributed by atoms with Crippen molar-refractivity contribution in [2.75, 3.05) is 14.1 Å². The lowest BCUT2D eigenvalue weighted by molar-refractivity contribution is -0.153. The topological polar surface area (TPSA) is 161 Å². The van der Waals surface area contributed by atoms with E-state index in [9.17, 15) is 43.6 Å². The summed E-state index contributed by atoms with van der Waals surface area (Å²) in [5.74, 6) is -9.69. The molecular weight excluding hydrogens is 502 g/mol. The molecule has 3 aliphatic rings. The molecule has 0 heterocycles. The maximum Gasteiger partial charge on any atom is 0.255 e. The molecule has 0 bridgehead atoms. The molecule has 1 saturated carbocycles. The number of hydrogen-bond donors (Lipinski definition) is 5. The number of carbonyl (C=O) groups is 3. The number of likely N-dealkylation sites (N-methyl/N-ethyl adjacent to an activating group) is 1. The lowest BCUT2D eigenvalue weighted by Gasteiger charge is -2.50. The van der Waals surface area contributed by atoms with Crippen molar-refractivity contribution in [1.82, 2.24) is 4.90 Å². The number of benzene rings is 2. The quantitative estimate of drug-likeness (QED) is 0.379. The summed E-state index contributed by atoms with van der Waals surface area (Å²) in [4.78, 5) is 40.4. The van der Waals surface area contributed by atoms with Crippen LogP contribution in [0.1, 0.15) is 17.5 Å². The zero-order chi connectivity index (χ0) is 27.8. The van der Waals surface area contributed by atoms with Crippen LogP contribution in [-0.2, 0) is 20.8 Å². The first-order valence-corrected chi connectivity index (χ1v) is 11.8. The van der Waals surface area contributed by atoms with Gasteiger partial charge >= 0.3 is 0 Å². The number of fused-ring (bicyclic) bond motifs is 3. The lowest BCUT2D eigenvalue weighted by atomic mass is 9.57. The van der Waals surface area contributed by atoms with Crippen molar-refractivity contribution < 1.29 is 43.6 Å². The standard InChI is InChI=1S/C27H24F2N2O7/c1-31(2)21-14-8-11-7-13-12(10-3-5-15(28)16(29)9-10)4-6-17(32)19(13)22(33)18(11)24(35)27(14,38)25(36)20(23(21)34)26(30)37/h3-6,9,11,14,21,32-33,36,38H,7-8H2,1-2H3,(H2,30,37)/t11-,14-,21-,27-/m1/s1. The number of phenols is 1. The first-order chi connectivity index (χ1) is 17.8. The van der Waals surface area contributed by atoms with Crippen molar-refractivity contribution in [3.8, 4) is 16.9 Å². The fourth-order valence-electron chi connectivity index (χ4n) is 6.18. The summed E-state index contributed by atoms with van der Waals surface area (Å²) in [5, 5.41) is 44.3. The van der Waals surface area contributed by atoms with Gasteiger partial charge in [-0.15, -0.1) is 0 Å². The van der Waals surface area contributed by atoms with Crippen molar-refractivity contribution in [3.63, 3.8) is 0 Å². The Kier molecular flexibility index (Phi) is 5.69. The van der Waals surface area contributed by atoms with Gasteiger partial charge in [0.25, 0.3) is 5.91 Å². The van der Waals surface area contributed by atoms with Crippen LogP contribution in [0.2, 0.25) is 0 Å². The number of hydrogen-bond acceptors (Lipinski definition) is 8. The van der Waals surface area contributed by atoms with E-state index in [1.165, 1.54) is 37.2 Å². The first-order valence-electron chi connectivity index (χ1n) is 11.8. The molecule has 0 saturated heterocycles. The molecule has 4 atom stereocenters. The smallest absolute Gasteiger partial charge is 0.255 e. The number of aliphatic hydroxyl groups excluding tert-OH is 2. The van der Waals surface area contributed by atoms with Gasteiger partial charge in [0.1, 0.15) is 22.8 Å². The van der Waals surface area contributed by atoms with Crippen LogP contribution in [-0.4, -0.2) is 68.5 Å². The number of phenolic OH excluding ortho intramolecular Hbond substituents is 1.